The van der Waals surface area contributed by atoms with Gasteiger partial charge in [-0.2, -0.15) is 0 Å². The summed E-state index contributed by atoms with van der Waals surface area (Å²) in [6.45, 7) is 2.96. The van der Waals surface area contributed by atoms with Crippen molar-refractivity contribution in [3.8, 4) is 0 Å². The Morgan fingerprint density at radius 3 is 2.81 bits per heavy atom. The Hall–Kier alpha value is -2.90. The SMILES string of the molecule is CC(c1c[nH]c(=O)c2ccccc12)N(C[C@H]1CCCO1)C(=O)Nc1ccc(F)c(Cl)c1. The first-order chi connectivity index (χ1) is 14.9. The lowest BCUT2D eigenvalue weighted by Gasteiger charge is -2.32. The predicted molar refractivity (Wildman–Crippen MR) is 119 cm³/mol. The number of fused-ring (bicyclic) bond motifs is 1. The van der Waals surface area contributed by atoms with Crippen LogP contribution in [0, 0.1) is 5.82 Å². The van der Waals surface area contributed by atoms with E-state index >= 15 is 0 Å². The molecule has 0 bridgehead atoms. The number of hydrogen-bond donors (Lipinski definition) is 2. The molecule has 0 radical (unpaired) electrons. The molecule has 162 valence electrons. The number of nitrogens with one attached hydrogen (secondary N) is 2. The number of aromatic nitrogens is 1. The van der Waals surface area contributed by atoms with E-state index in [9.17, 15) is 14.0 Å². The van der Waals surface area contributed by atoms with E-state index in [1.165, 1.54) is 18.2 Å². The minimum absolute atomic E-state index is 0.0665. The van der Waals surface area contributed by atoms with Crippen LogP contribution in [0.4, 0.5) is 14.9 Å². The minimum Gasteiger partial charge on any atom is -0.376 e. The largest absolute Gasteiger partial charge is 0.376 e. The highest BCUT2D eigenvalue weighted by atomic mass is 35.5. The second-order valence-corrected chi connectivity index (χ2v) is 8.05. The van der Waals surface area contributed by atoms with Crippen LogP contribution in [0.1, 0.15) is 31.4 Å². The third-order valence-electron chi connectivity index (χ3n) is 5.62. The molecule has 0 aliphatic carbocycles. The summed E-state index contributed by atoms with van der Waals surface area (Å²) in [6, 6.07) is 10.6. The van der Waals surface area contributed by atoms with Crippen LogP contribution in [0.25, 0.3) is 10.8 Å². The topological polar surface area (TPSA) is 74.4 Å². The zero-order valence-electron chi connectivity index (χ0n) is 17.0. The van der Waals surface area contributed by atoms with Crippen molar-refractivity contribution in [2.24, 2.45) is 0 Å². The van der Waals surface area contributed by atoms with Gasteiger partial charge < -0.3 is 19.9 Å². The van der Waals surface area contributed by atoms with Crippen molar-refractivity contribution < 1.29 is 13.9 Å². The number of amides is 2. The van der Waals surface area contributed by atoms with E-state index < -0.39 is 5.82 Å². The van der Waals surface area contributed by atoms with E-state index in [0.717, 1.165) is 23.8 Å². The Labute approximate surface area is 184 Å². The average molecular weight is 444 g/mol. The van der Waals surface area contributed by atoms with Gasteiger partial charge in [0, 0.05) is 30.4 Å². The molecule has 2 aromatic carbocycles. The summed E-state index contributed by atoms with van der Waals surface area (Å²) in [6.07, 6.45) is 3.40. The maximum atomic E-state index is 13.5. The molecule has 1 aliphatic heterocycles. The maximum absolute atomic E-state index is 13.5. The minimum atomic E-state index is -0.552. The molecule has 2 atom stereocenters. The molecule has 1 unspecified atom stereocenters. The van der Waals surface area contributed by atoms with E-state index in [1.807, 2.05) is 19.1 Å². The zero-order chi connectivity index (χ0) is 22.0. The molecular formula is C23H23ClFN3O3. The number of hydrogen-bond acceptors (Lipinski definition) is 3. The predicted octanol–water partition coefficient (Wildman–Crippen LogP) is 5.09. The molecule has 6 nitrogen and oxygen atoms in total. The quantitative estimate of drug-likeness (QED) is 0.576. The first-order valence-corrected chi connectivity index (χ1v) is 10.6. The number of anilines is 1. The van der Waals surface area contributed by atoms with Gasteiger partial charge in [0.15, 0.2) is 0 Å². The highest BCUT2D eigenvalue weighted by molar-refractivity contribution is 6.31. The molecule has 8 heteroatoms. The van der Waals surface area contributed by atoms with Gasteiger partial charge in [0.2, 0.25) is 0 Å². The van der Waals surface area contributed by atoms with Gasteiger partial charge in [-0.1, -0.05) is 29.8 Å². The number of H-pyrrole nitrogens is 1. The molecule has 1 aromatic heterocycles. The summed E-state index contributed by atoms with van der Waals surface area (Å²) >= 11 is 5.86. The lowest BCUT2D eigenvalue weighted by atomic mass is 10.0. The summed E-state index contributed by atoms with van der Waals surface area (Å²) in [7, 11) is 0. The Bertz CT molecular complexity index is 1160. The lowest BCUT2D eigenvalue weighted by molar-refractivity contribution is 0.0743. The van der Waals surface area contributed by atoms with E-state index in [4.69, 9.17) is 16.3 Å². The Morgan fingerprint density at radius 2 is 2.10 bits per heavy atom. The van der Waals surface area contributed by atoms with Gasteiger partial charge in [0.05, 0.1) is 17.2 Å². The van der Waals surface area contributed by atoms with Gasteiger partial charge in [0.25, 0.3) is 5.56 Å². The van der Waals surface area contributed by atoms with Crippen LogP contribution in [-0.2, 0) is 4.74 Å². The average Bonchev–Trinajstić information content (AvgIpc) is 3.28. The number of urea groups is 1. The fourth-order valence-electron chi connectivity index (χ4n) is 3.94. The van der Waals surface area contributed by atoms with Crippen LogP contribution in [0.5, 0.6) is 0 Å². The highest BCUT2D eigenvalue weighted by Crippen LogP contribution is 2.29. The van der Waals surface area contributed by atoms with Crippen molar-refractivity contribution in [2.45, 2.75) is 31.9 Å². The Balaban J connectivity index is 1.67. The Morgan fingerprint density at radius 1 is 1.32 bits per heavy atom. The number of aromatic amines is 1. The van der Waals surface area contributed by atoms with Crippen LogP contribution in [0.3, 0.4) is 0 Å². The molecule has 1 saturated heterocycles. The summed E-state index contributed by atoms with van der Waals surface area (Å²) in [5.74, 6) is -0.552. The molecule has 1 aliphatic rings. The number of carbonyl (C=O) groups excluding carboxylic acids is 1. The third kappa shape index (κ3) is 4.57. The normalized spacial score (nSPS) is 16.9. The first kappa shape index (κ1) is 21.3. The van der Waals surface area contributed by atoms with Gasteiger partial charge in [-0.25, -0.2) is 9.18 Å². The van der Waals surface area contributed by atoms with Crippen molar-refractivity contribution >= 4 is 34.1 Å². The summed E-state index contributed by atoms with van der Waals surface area (Å²) in [4.78, 5) is 29.9. The second kappa shape index (κ2) is 9.08. The maximum Gasteiger partial charge on any atom is 0.322 e. The van der Waals surface area contributed by atoms with Crippen LogP contribution < -0.4 is 10.9 Å². The number of benzene rings is 2. The smallest absolute Gasteiger partial charge is 0.322 e. The van der Waals surface area contributed by atoms with Gasteiger partial charge >= 0.3 is 6.03 Å². The summed E-state index contributed by atoms with van der Waals surface area (Å²) < 4.78 is 19.3. The molecular weight excluding hydrogens is 421 g/mol. The molecule has 0 saturated carbocycles. The molecule has 0 spiro atoms. The van der Waals surface area contributed by atoms with Crippen LogP contribution in [0.15, 0.2) is 53.5 Å². The number of ether oxygens (including phenoxy) is 1. The van der Waals surface area contributed by atoms with Crippen LogP contribution >= 0.6 is 11.6 Å². The number of nitrogens with zero attached hydrogens (tertiary/aromatic N) is 1. The van der Waals surface area contributed by atoms with E-state index in [0.29, 0.717) is 24.2 Å². The van der Waals surface area contributed by atoms with Gasteiger partial charge in [-0.15, -0.1) is 0 Å². The van der Waals surface area contributed by atoms with E-state index in [-0.39, 0.29) is 28.8 Å². The molecule has 2 N–H and O–H groups in total. The molecule has 3 aromatic rings. The van der Waals surface area contributed by atoms with Crippen molar-refractivity contribution in [1.82, 2.24) is 9.88 Å². The first-order valence-electron chi connectivity index (χ1n) is 10.2. The van der Waals surface area contributed by atoms with Crippen LogP contribution in [0.2, 0.25) is 5.02 Å². The van der Waals surface area contributed by atoms with Gasteiger partial charge in [-0.05, 0) is 55.0 Å². The van der Waals surface area contributed by atoms with Gasteiger partial charge in [0.1, 0.15) is 5.82 Å². The number of halogens is 2. The standard InChI is InChI=1S/C23H23ClFN3O3/c1-14(19-12-26-22(29)18-7-3-2-6-17(18)19)28(13-16-5-4-10-31-16)23(30)27-15-8-9-21(25)20(24)11-15/h2-3,6-9,11-12,14,16H,4-5,10,13H2,1H3,(H,26,29)(H,27,30)/t14?,16-/m1/s1. The van der Waals surface area contributed by atoms with Crippen molar-refractivity contribution in [2.75, 3.05) is 18.5 Å². The monoisotopic (exact) mass is 443 g/mol. The van der Waals surface area contributed by atoms with Crippen LogP contribution in [-0.4, -0.2) is 35.2 Å². The summed E-state index contributed by atoms with van der Waals surface area (Å²) in [5.41, 5.74) is 1.04. The number of carbonyl (C=O) groups is 1. The fourth-order valence-corrected chi connectivity index (χ4v) is 4.12. The molecule has 2 amide bonds. The fraction of sp³-hybridized carbons (Fsp3) is 0.304. The number of pyridine rings is 1. The van der Waals surface area contributed by atoms with E-state index in [2.05, 4.69) is 10.3 Å². The van der Waals surface area contributed by atoms with E-state index in [1.54, 1.807) is 23.2 Å². The molecule has 31 heavy (non-hydrogen) atoms. The zero-order valence-corrected chi connectivity index (χ0v) is 17.8. The molecule has 1 fully saturated rings. The van der Waals surface area contributed by atoms with Crippen molar-refractivity contribution in [1.29, 1.82) is 0 Å². The third-order valence-corrected chi connectivity index (χ3v) is 5.90. The Kier molecular flexibility index (Phi) is 6.25. The lowest BCUT2D eigenvalue weighted by Crippen LogP contribution is -2.42. The summed E-state index contributed by atoms with van der Waals surface area (Å²) in [5, 5.41) is 4.09. The van der Waals surface area contributed by atoms with Crippen molar-refractivity contribution in [3.05, 3.63) is 75.4 Å². The van der Waals surface area contributed by atoms with Crippen molar-refractivity contribution in [3.63, 3.8) is 0 Å². The molecule has 4 rings (SSSR count). The van der Waals surface area contributed by atoms with Gasteiger partial charge in [-0.3, -0.25) is 4.79 Å². The highest BCUT2D eigenvalue weighted by Gasteiger charge is 2.28. The number of rotatable bonds is 5. The molecule has 2 heterocycles. The second-order valence-electron chi connectivity index (χ2n) is 7.64.